The summed E-state index contributed by atoms with van der Waals surface area (Å²) in [7, 11) is 0. The summed E-state index contributed by atoms with van der Waals surface area (Å²) in [5.74, 6) is 0.727. The number of carbonyl (C=O) groups is 1. The highest BCUT2D eigenvalue weighted by atomic mass is 79.9. The largest absolute Gasteiger partial charge is 0.392 e. The Bertz CT molecular complexity index is 370. The molecule has 1 aromatic rings. The zero-order chi connectivity index (χ0) is 12.8. The molecule has 6 heteroatoms. The van der Waals surface area contributed by atoms with Crippen molar-refractivity contribution in [2.45, 2.75) is 25.2 Å². The van der Waals surface area contributed by atoms with Gasteiger partial charge in [-0.15, -0.1) is 11.8 Å². The SMILES string of the molecule is CC(O)C(C)SCC(=O)Nc1ccc(Br)cn1. The summed E-state index contributed by atoms with van der Waals surface area (Å²) >= 11 is 4.69. The van der Waals surface area contributed by atoms with Crippen LogP contribution in [0.4, 0.5) is 5.82 Å². The number of hydrogen-bond acceptors (Lipinski definition) is 4. The summed E-state index contributed by atoms with van der Waals surface area (Å²) in [4.78, 5) is 15.6. The molecule has 0 aromatic carbocycles. The third-order valence-electron chi connectivity index (χ3n) is 2.15. The standard InChI is InChI=1S/C11H15BrN2O2S/c1-7(15)8(2)17-6-11(16)14-10-4-3-9(12)5-13-10/h3-5,7-8,15H,6H2,1-2H3,(H,13,14,16). The maximum Gasteiger partial charge on any atom is 0.235 e. The Hall–Kier alpha value is -0.590. The van der Waals surface area contributed by atoms with E-state index in [0.29, 0.717) is 11.6 Å². The number of rotatable bonds is 5. The molecule has 94 valence electrons. The molecule has 1 heterocycles. The minimum Gasteiger partial charge on any atom is -0.392 e. The first-order valence-electron chi connectivity index (χ1n) is 5.20. The number of nitrogens with zero attached hydrogens (tertiary/aromatic N) is 1. The van der Waals surface area contributed by atoms with Crippen LogP contribution in [0.2, 0.25) is 0 Å². The van der Waals surface area contributed by atoms with Gasteiger partial charge in [0.15, 0.2) is 0 Å². The molecule has 2 unspecified atom stereocenters. The lowest BCUT2D eigenvalue weighted by Gasteiger charge is -2.13. The first-order chi connectivity index (χ1) is 7.99. The van der Waals surface area contributed by atoms with Gasteiger partial charge in [0.2, 0.25) is 5.91 Å². The van der Waals surface area contributed by atoms with Crippen molar-refractivity contribution in [2.75, 3.05) is 11.1 Å². The van der Waals surface area contributed by atoms with E-state index in [9.17, 15) is 9.90 Å². The van der Waals surface area contributed by atoms with Gasteiger partial charge in [-0.05, 0) is 35.0 Å². The molecule has 0 bridgehead atoms. The molecule has 1 rings (SSSR count). The van der Waals surface area contributed by atoms with Gasteiger partial charge < -0.3 is 10.4 Å². The summed E-state index contributed by atoms with van der Waals surface area (Å²) in [6, 6.07) is 3.54. The minimum absolute atomic E-state index is 0.0404. The van der Waals surface area contributed by atoms with Gasteiger partial charge >= 0.3 is 0 Å². The zero-order valence-corrected chi connectivity index (χ0v) is 12.1. The smallest absolute Gasteiger partial charge is 0.235 e. The van der Waals surface area contributed by atoms with Crippen molar-refractivity contribution in [1.82, 2.24) is 4.98 Å². The van der Waals surface area contributed by atoms with E-state index in [1.807, 2.05) is 13.0 Å². The number of amides is 1. The normalized spacial score (nSPS) is 14.1. The van der Waals surface area contributed by atoms with Gasteiger partial charge in [-0.1, -0.05) is 6.92 Å². The molecule has 1 aromatic heterocycles. The van der Waals surface area contributed by atoms with Gasteiger partial charge in [-0.2, -0.15) is 0 Å². The molecule has 2 atom stereocenters. The van der Waals surface area contributed by atoms with E-state index < -0.39 is 6.10 Å². The van der Waals surface area contributed by atoms with E-state index in [1.165, 1.54) is 11.8 Å². The third-order valence-corrected chi connectivity index (χ3v) is 3.97. The Morgan fingerprint density at radius 3 is 2.82 bits per heavy atom. The Balaban J connectivity index is 2.37. The van der Waals surface area contributed by atoms with Crippen molar-refractivity contribution in [3.63, 3.8) is 0 Å². The van der Waals surface area contributed by atoms with Gasteiger partial charge in [0.05, 0.1) is 11.9 Å². The van der Waals surface area contributed by atoms with Crippen LogP contribution in [-0.2, 0) is 4.79 Å². The molecular formula is C11H15BrN2O2S. The van der Waals surface area contributed by atoms with Crippen LogP contribution in [0, 0.1) is 0 Å². The van der Waals surface area contributed by atoms with E-state index in [-0.39, 0.29) is 11.2 Å². The molecule has 0 saturated heterocycles. The molecule has 0 saturated carbocycles. The van der Waals surface area contributed by atoms with E-state index in [2.05, 4.69) is 26.2 Å². The highest BCUT2D eigenvalue weighted by Gasteiger charge is 2.11. The molecule has 2 N–H and O–H groups in total. The maximum atomic E-state index is 11.6. The number of aliphatic hydroxyl groups excluding tert-OH is 1. The fourth-order valence-corrected chi connectivity index (χ4v) is 1.97. The minimum atomic E-state index is -0.418. The zero-order valence-electron chi connectivity index (χ0n) is 9.68. The molecule has 0 fully saturated rings. The molecule has 0 spiro atoms. The average Bonchev–Trinajstić information content (AvgIpc) is 2.29. The number of halogens is 1. The molecule has 1 amide bonds. The van der Waals surface area contributed by atoms with E-state index in [1.54, 1.807) is 19.2 Å². The van der Waals surface area contributed by atoms with Crippen molar-refractivity contribution in [2.24, 2.45) is 0 Å². The Kier molecular flexibility index (Phi) is 5.94. The molecule has 0 aliphatic rings. The second-order valence-electron chi connectivity index (χ2n) is 3.67. The predicted octanol–water partition coefficient (Wildman–Crippen LogP) is 2.29. The topological polar surface area (TPSA) is 62.2 Å². The second kappa shape index (κ2) is 6.98. The number of pyridine rings is 1. The molecule has 4 nitrogen and oxygen atoms in total. The monoisotopic (exact) mass is 318 g/mol. The molecule has 0 radical (unpaired) electrons. The summed E-state index contributed by atoms with van der Waals surface area (Å²) in [5, 5.41) is 12.0. The molecule has 17 heavy (non-hydrogen) atoms. The number of aromatic nitrogens is 1. The molecular weight excluding hydrogens is 304 g/mol. The first-order valence-corrected chi connectivity index (χ1v) is 7.04. The molecule has 0 aliphatic heterocycles. The quantitative estimate of drug-likeness (QED) is 0.874. The Morgan fingerprint density at radius 1 is 1.59 bits per heavy atom. The fourth-order valence-electron chi connectivity index (χ4n) is 0.975. The van der Waals surface area contributed by atoms with Gasteiger partial charge in [0.25, 0.3) is 0 Å². The average molecular weight is 319 g/mol. The molecule has 0 aliphatic carbocycles. The number of hydrogen-bond donors (Lipinski definition) is 2. The van der Waals surface area contributed by atoms with Crippen molar-refractivity contribution >= 4 is 39.4 Å². The summed E-state index contributed by atoms with van der Waals surface area (Å²) in [5.41, 5.74) is 0. The lowest BCUT2D eigenvalue weighted by Crippen LogP contribution is -2.21. The van der Waals surface area contributed by atoms with Crippen LogP contribution in [0.3, 0.4) is 0 Å². The Morgan fingerprint density at radius 2 is 2.29 bits per heavy atom. The van der Waals surface area contributed by atoms with Crippen LogP contribution in [0.15, 0.2) is 22.8 Å². The number of carbonyl (C=O) groups excluding carboxylic acids is 1. The van der Waals surface area contributed by atoms with Crippen LogP contribution in [0.25, 0.3) is 0 Å². The van der Waals surface area contributed by atoms with Crippen molar-refractivity contribution in [3.05, 3.63) is 22.8 Å². The summed E-state index contributed by atoms with van der Waals surface area (Å²) in [6.07, 6.45) is 1.21. The van der Waals surface area contributed by atoms with Crippen molar-refractivity contribution < 1.29 is 9.90 Å². The van der Waals surface area contributed by atoms with Crippen molar-refractivity contribution in [1.29, 1.82) is 0 Å². The number of aliphatic hydroxyl groups is 1. The first kappa shape index (κ1) is 14.5. The van der Waals surface area contributed by atoms with E-state index in [0.717, 1.165) is 4.47 Å². The van der Waals surface area contributed by atoms with Crippen LogP contribution in [-0.4, -0.2) is 33.1 Å². The third kappa shape index (κ3) is 5.52. The van der Waals surface area contributed by atoms with Crippen LogP contribution < -0.4 is 5.32 Å². The van der Waals surface area contributed by atoms with Gasteiger partial charge in [0.1, 0.15) is 5.82 Å². The second-order valence-corrected chi connectivity index (χ2v) is 5.95. The van der Waals surface area contributed by atoms with Crippen LogP contribution in [0.5, 0.6) is 0 Å². The summed E-state index contributed by atoms with van der Waals surface area (Å²) in [6.45, 7) is 3.60. The van der Waals surface area contributed by atoms with Crippen LogP contribution in [0.1, 0.15) is 13.8 Å². The van der Waals surface area contributed by atoms with E-state index in [4.69, 9.17) is 0 Å². The summed E-state index contributed by atoms with van der Waals surface area (Å²) < 4.78 is 0.868. The Labute approximate surface area is 113 Å². The van der Waals surface area contributed by atoms with E-state index >= 15 is 0 Å². The highest BCUT2D eigenvalue weighted by molar-refractivity contribution is 9.10. The lowest BCUT2D eigenvalue weighted by atomic mass is 10.3. The van der Waals surface area contributed by atoms with Crippen molar-refractivity contribution in [3.8, 4) is 0 Å². The van der Waals surface area contributed by atoms with Gasteiger partial charge in [-0.3, -0.25) is 4.79 Å². The maximum absolute atomic E-state index is 11.6. The van der Waals surface area contributed by atoms with Gasteiger partial charge in [0, 0.05) is 15.9 Å². The number of nitrogens with one attached hydrogen (secondary N) is 1. The number of thioether (sulfide) groups is 1. The lowest BCUT2D eigenvalue weighted by molar-refractivity contribution is -0.113. The van der Waals surface area contributed by atoms with Crippen LogP contribution >= 0.6 is 27.7 Å². The fraction of sp³-hybridized carbons (Fsp3) is 0.455. The number of anilines is 1. The van der Waals surface area contributed by atoms with Gasteiger partial charge in [-0.25, -0.2) is 4.98 Å². The predicted molar refractivity (Wildman–Crippen MR) is 74.2 cm³/mol. The highest BCUT2D eigenvalue weighted by Crippen LogP contribution is 2.15.